The lowest BCUT2D eigenvalue weighted by Gasteiger charge is -2.32. The summed E-state index contributed by atoms with van der Waals surface area (Å²) in [7, 11) is 0. The minimum atomic E-state index is -0.486. The van der Waals surface area contributed by atoms with Gasteiger partial charge in [-0.3, -0.25) is 14.4 Å². The number of benzene rings is 1. The van der Waals surface area contributed by atoms with Gasteiger partial charge in [0, 0.05) is 43.2 Å². The van der Waals surface area contributed by atoms with Gasteiger partial charge in [0.2, 0.25) is 0 Å². The molecule has 1 amide bonds. The predicted molar refractivity (Wildman–Crippen MR) is 126 cm³/mol. The third kappa shape index (κ3) is 5.76. The van der Waals surface area contributed by atoms with Crippen LogP contribution in [0, 0.1) is 6.92 Å². The smallest absolute Gasteiger partial charge is 0.252 e. The number of likely N-dealkylation sites (tertiary alicyclic amines) is 1. The molecule has 1 aliphatic heterocycles. The molecule has 8 heteroatoms. The Morgan fingerprint density at radius 2 is 2.15 bits per heavy atom. The Hall–Kier alpha value is -3.26. The number of hydrogen-bond acceptors (Lipinski definition) is 6. The van der Waals surface area contributed by atoms with Gasteiger partial charge in [0.05, 0.1) is 23.9 Å². The van der Waals surface area contributed by atoms with E-state index in [1.165, 1.54) is 5.56 Å². The van der Waals surface area contributed by atoms with Crippen molar-refractivity contribution in [1.82, 2.24) is 24.6 Å². The zero-order valence-electron chi connectivity index (χ0n) is 19.6. The van der Waals surface area contributed by atoms with Gasteiger partial charge in [-0.2, -0.15) is 5.10 Å². The second-order valence-corrected chi connectivity index (χ2v) is 8.98. The molecule has 0 radical (unpaired) electrons. The largest absolute Gasteiger partial charge is 0.491 e. The first-order valence-corrected chi connectivity index (χ1v) is 11.5. The van der Waals surface area contributed by atoms with Crippen molar-refractivity contribution in [3.05, 3.63) is 71.1 Å². The Balaban J connectivity index is 1.48. The van der Waals surface area contributed by atoms with Gasteiger partial charge < -0.3 is 10.5 Å². The number of hydrogen-bond donors (Lipinski definition) is 1. The summed E-state index contributed by atoms with van der Waals surface area (Å²) in [4.78, 5) is 23.0. The number of nitrogens with zero attached hydrogens (tertiary/aromatic N) is 5. The van der Waals surface area contributed by atoms with E-state index in [1.54, 1.807) is 12.4 Å². The average Bonchev–Trinajstić information content (AvgIpc) is 3.28. The number of rotatable bonds is 8. The third-order valence-corrected chi connectivity index (χ3v) is 5.92. The molecular formula is C25H32N6O2. The molecule has 1 fully saturated rings. The van der Waals surface area contributed by atoms with Crippen LogP contribution < -0.4 is 10.5 Å². The highest BCUT2D eigenvalue weighted by Crippen LogP contribution is 2.28. The predicted octanol–water partition coefficient (Wildman–Crippen LogP) is 3.30. The standard InChI is InChI=1S/C25H32N6O2/c1-17(2)33-23-8-7-19(12-21(23)16-31-11-5-9-28-31)14-30-10-4-6-20(15-30)25-27-13-22(24(26)32)18(3)29-25/h5,7-9,11-13,17,20H,4,6,10,14-16H2,1-3H3,(H2,26,32). The number of piperidine rings is 1. The van der Waals surface area contributed by atoms with Crippen LogP contribution in [0.2, 0.25) is 0 Å². The van der Waals surface area contributed by atoms with Crippen LogP contribution in [-0.2, 0) is 13.1 Å². The topological polar surface area (TPSA) is 99.2 Å². The molecule has 4 rings (SSSR count). The number of aryl methyl sites for hydroxylation is 1. The summed E-state index contributed by atoms with van der Waals surface area (Å²) in [5.41, 5.74) is 8.81. The number of amides is 1. The SMILES string of the molecule is Cc1nc(C2CCCN(Cc3ccc(OC(C)C)c(Cn4cccn4)c3)C2)ncc1C(N)=O. The van der Waals surface area contributed by atoms with Crippen LogP contribution in [0.4, 0.5) is 0 Å². The van der Waals surface area contributed by atoms with Gasteiger partial charge in [0.25, 0.3) is 5.91 Å². The van der Waals surface area contributed by atoms with E-state index in [-0.39, 0.29) is 12.0 Å². The lowest BCUT2D eigenvalue weighted by atomic mass is 9.96. The Morgan fingerprint density at radius 3 is 2.85 bits per heavy atom. The molecule has 33 heavy (non-hydrogen) atoms. The Kier molecular flexibility index (Phi) is 7.03. The fourth-order valence-corrected chi connectivity index (χ4v) is 4.38. The van der Waals surface area contributed by atoms with E-state index in [1.807, 2.05) is 37.7 Å². The first kappa shape index (κ1) is 22.9. The summed E-state index contributed by atoms with van der Waals surface area (Å²) in [6, 6.07) is 8.38. The van der Waals surface area contributed by atoms with Crippen LogP contribution in [-0.4, -0.2) is 49.7 Å². The van der Waals surface area contributed by atoms with Crippen LogP contribution in [0.5, 0.6) is 5.75 Å². The molecule has 1 atom stereocenters. The van der Waals surface area contributed by atoms with E-state index < -0.39 is 5.91 Å². The van der Waals surface area contributed by atoms with Crippen molar-refractivity contribution in [2.24, 2.45) is 5.73 Å². The van der Waals surface area contributed by atoms with Crippen molar-refractivity contribution in [3.63, 3.8) is 0 Å². The lowest BCUT2D eigenvalue weighted by molar-refractivity contribution is 0.0998. The maximum atomic E-state index is 11.5. The highest BCUT2D eigenvalue weighted by Gasteiger charge is 2.24. The summed E-state index contributed by atoms with van der Waals surface area (Å²) in [6.07, 6.45) is 7.55. The molecule has 0 saturated carbocycles. The first-order valence-electron chi connectivity index (χ1n) is 11.5. The second kappa shape index (κ2) is 10.1. The van der Waals surface area contributed by atoms with E-state index in [2.05, 4.69) is 38.2 Å². The molecule has 0 aliphatic carbocycles. The van der Waals surface area contributed by atoms with Crippen molar-refractivity contribution in [2.45, 2.75) is 58.7 Å². The third-order valence-electron chi connectivity index (χ3n) is 5.92. The minimum Gasteiger partial charge on any atom is -0.491 e. The fourth-order valence-electron chi connectivity index (χ4n) is 4.38. The molecule has 2 aromatic heterocycles. The second-order valence-electron chi connectivity index (χ2n) is 8.98. The molecule has 8 nitrogen and oxygen atoms in total. The molecule has 2 N–H and O–H groups in total. The summed E-state index contributed by atoms with van der Waals surface area (Å²) in [6.45, 7) is 9.34. The molecule has 0 spiro atoms. The minimum absolute atomic E-state index is 0.111. The van der Waals surface area contributed by atoms with Crippen LogP contribution in [0.25, 0.3) is 0 Å². The zero-order chi connectivity index (χ0) is 23.4. The van der Waals surface area contributed by atoms with Gasteiger partial charge in [-0.25, -0.2) is 9.97 Å². The van der Waals surface area contributed by atoms with Crippen molar-refractivity contribution in [3.8, 4) is 5.75 Å². The summed E-state index contributed by atoms with van der Waals surface area (Å²) in [5.74, 6) is 1.45. The zero-order valence-corrected chi connectivity index (χ0v) is 19.6. The first-order chi connectivity index (χ1) is 15.9. The van der Waals surface area contributed by atoms with Crippen LogP contribution in [0.15, 0.2) is 42.9 Å². The highest BCUT2D eigenvalue weighted by atomic mass is 16.5. The molecule has 1 aromatic carbocycles. The summed E-state index contributed by atoms with van der Waals surface area (Å²) >= 11 is 0. The highest BCUT2D eigenvalue weighted by molar-refractivity contribution is 5.93. The van der Waals surface area contributed by atoms with E-state index in [9.17, 15) is 4.79 Å². The van der Waals surface area contributed by atoms with Gasteiger partial charge >= 0.3 is 0 Å². The Labute approximate surface area is 194 Å². The Bertz CT molecular complexity index is 1100. The van der Waals surface area contributed by atoms with Gasteiger partial charge in [0.15, 0.2) is 0 Å². The molecule has 1 aliphatic rings. The number of aromatic nitrogens is 4. The number of primary amides is 1. The molecule has 3 heterocycles. The molecule has 0 bridgehead atoms. The molecule has 1 saturated heterocycles. The quantitative estimate of drug-likeness (QED) is 0.568. The summed E-state index contributed by atoms with van der Waals surface area (Å²) < 4.78 is 7.96. The van der Waals surface area contributed by atoms with Gasteiger partial charge in [0.1, 0.15) is 11.6 Å². The van der Waals surface area contributed by atoms with Crippen molar-refractivity contribution in [2.75, 3.05) is 13.1 Å². The van der Waals surface area contributed by atoms with Crippen LogP contribution in [0.1, 0.15) is 65.6 Å². The monoisotopic (exact) mass is 448 g/mol. The maximum absolute atomic E-state index is 11.5. The normalized spacial score (nSPS) is 16.8. The Morgan fingerprint density at radius 1 is 1.30 bits per heavy atom. The van der Waals surface area contributed by atoms with E-state index >= 15 is 0 Å². The van der Waals surface area contributed by atoms with E-state index in [0.717, 1.165) is 49.6 Å². The number of carbonyl (C=O) groups excluding carboxylic acids is 1. The molecule has 3 aromatic rings. The molecule has 174 valence electrons. The van der Waals surface area contributed by atoms with E-state index in [4.69, 9.17) is 10.5 Å². The van der Waals surface area contributed by atoms with E-state index in [0.29, 0.717) is 17.8 Å². The average molecular weight is 449 g/mol. The molecule has 1 unspecified atom stereocenters. The van der Waals surface area contributed by atoms with Gasteiger partial charge in [-0.15, -0.1) is 0 Å². The summed E-state index contributed by atoms with van der Waals surface area (Å²) in [5, 5.41) is 4.35. The van der Waals surface area contributed by atoms with Crippen LogP contribution in [0.3, 0.4) is 0 Å². The van der Waals surface area contributed by atoms with Crippen LogP contribution >= 0.6 is 0 Å². The lowest BCUT2D eigenvalue weighted by Crippen LogP contribution is -2.34. The van der Waals surface area contributed by atoms with Gasteiger partial charge in [-0.05, 0) is 63.9 Å². The van der Waals surface area contributed by atoms with Gasteiger partial charge in [-0.1, -0.05) is 6.07 Å². The fraction of sp³-hybridized carbons (Fsp3) is 0.440. The number of ether oxygens (including phenoxy) is 1. The van der Waals surface area contributed by atoms with Crippen molar-refractivity contribution < 1.29 is 9.53 Å². The number of carbonyl (C=O) groups is 1. The van der Waals surface area contributed by atoms with Crippen molar-refractivity contribution in [1.29, 1.82) is 0 Å². The molecular weight excluding hydrogens is 416 g/mol. The van der Waals surface area contributed by atoms with Crippen molar-refractivity contribution >= 4 is 5.91 Å². The number of nitrogens with two attached hydrogens (primary N) is 1. The maximum Gasteiger partial charge on any atom is 0.252 e.